The number of para-hydroxylation sites is 1. The SMILES string of the molecule is COC(=O)NN(C(=O)N1[C@H]2CC[C@H](C2)[C@H]1c1nc2ccc(-c3ccc(-c4ccc5nc(C6[C@@H]7CC[C@@H](C7)N6C(=O)[C@H](C)c6ccccc6)[nH]c5c4)cc3)cc2[nH]1)c1ccccc1. The number of likely N-dealkylation sites (tertiary alicyclic amines) is 2. The fourth-order valence-electron chi connectivity index (χ4n) is 11.0. The highest BCUT2D eigenvalue weighted by Gasteiger charge is 2.52. The number of fused-ring (bicyclic) bond motifs is 6. The number of imidazole rings is 2. The topological polar surface area (TPSA) is 140 Å². The number of aromatic nitrogens is 4. The minimum absolute atomic E-state index is 0.0407. The predicted molar refractivity (Wildman–Crippen MR) is 238 cm³/mol. The van der Waals surface area contributed by atoms with Crippen LogP contribution in [0.1, 0.15) is 80.7 Å². The molecule has 12 nitrogen and oxygen atoms in total. The summed E-state index contributed by atoms with van der Waals surface area (Å²) in [4.78, 5) is 62.1. The van der Waals surface area contributed by atoms with Crippen molar-refractivity contribution in [3.63, 3.8) is 0 Å². The number of urea groups is 1. The molecule has 4 fully saturated rings. The summed E-state index contributed by atoms with van der Waals surface area (Å²) < 4.78 is 4.87. The number of ether oxygens (including phenoxy) is 1. The molecule has 0 radical (unpaired) electrons. The zero-order valence-corrected chi connectivity index (χ0v) is 34.7. The van der Waals surface area contributed by atoms with Crippen molar-refractivity contribution < 1.29 is 19.1 Å². The molecule has 62 heavy (non-hydrogen) atoms. The van der Waals surface area contributed by atoms with Crippen molar-refractivity contribution in [3.8, 4) is 22.3 Å². The lowest BCUT2D eigenvalue weighted by Crippen LogP contribution is -2.55. The minimum Gasteiger partial charge on any atom is -0.452 e. The standard InChI is InChI=1S/C50H48N8O4/c1-29(30-9-5-3-6-10-30)48(59)56-38-21-17-35(25-38)44(56)46-51-40-23-19-33(27-42(40)53-46)31-13-15-32(16-14-31)34-20-24-41-43(28-34)54-47(52-41)45-36-18-22-39(26-36)57(45)50(61)58(55-49(60)62-2)37-11-7-4-8-12-37/h3-16,19-20,23-24,27-29,35-36,38-39,44-45H,17-18,21-22,25-26H2,1-2H3,(H,51,53)(H,52,54)(H,55,60)/t29-,35-,36-,38+,39+,44?,45+/m1/s1. The van der Waals surface area contributed by atoms with Crippen LogP contribution in [0, 0.1) is 11.8 Å². The van der Waals surface area contributed by atoms with Gasteiger partial charge >= 0.3 is 12.1 Å². The van der Waals surface area contributed by atoms with E-state index < -0.39 is 6.09 Å². The van der Waals surface area contributed by atoms with Crippen molar-refractivity contribution in [2.45, 2.75) is 75.5 Å². The van der Waals surface area contributed by atoms with Gasteiger partial charge in [0.15, 0.2) is 0 Å². The fraction of sp³-hybridized carbons (Fsp3) is 0.300. The first-order valence-corrected chi connectivity index (χ1v) is 21.8. The zero-order valence-electron chi connectivity index (χ0n) is 34.7. The molecule has 4 bridgehead atoms. The van der Waals surface area contributed by atoms with E-state index >= 15 is 0 Å². The van der Waals surface area contributed by atoms with Crippen molar-refractivity contribution in [3.05, 3.63) is 139 Å². The normalized spacial score (nSPS) is 23.0. The van der Waals surface area contributed by atoms with E-state index in [1.807, 2.05) is 66.4 Å². The number of piperidine rings is 2. The Hall–Kier alpha value is -6.95. The molecular weight excluding hydrogens is 777 g/mol. The molecule has 2 saturated heterocycles. The van der Waals surface area contributed by atoms with Gasteiger partial charge in [-0.1, -0.05) is 84.9 Å². The number of hydrogen-bond donors (Lipinski definition) is 3. The number of amides is 4. The number of H-pyrrole nitrogens is 2. The Morgan fingerprint density at radius 1 is 0.661 bits per heavy atom. The first kappa shape index (κ1) is 38.0. The number of rotatable bonds is 7. The van der Waals surface area contributed by atoms with Gasteiger partial charge in [0.1, 0.15) is 11.6 Å². The number of carbonyl (C=O) groups excluding carboxylic acids is 3. The van der Waals surface area contributed by atoms with E-state index in [0.717, 1.165) is 100 Å². The highest BCUT2D eigenvalue weighted by atomic mass is 16.5. The third kappa shape index (κ3) is 6.47. The third-order valence-electron chi connectivity index (χ3n) is 14.0. The van der Waals surface area contributed by atoms with Gasteiger partial charge in [-0.15, -0.1) is 0 Å². The van der Waals surface area contributed by atoms with E-state index in [4.69, 9.17) is 14.7 Å². The summed E-state index contributed by atoms with van der Waals surface area (Å²) in [7, 11) is 1.28. The Labute approximate surface area is 359 Å². The van der Waals surface area contributed by atoms with Crippen LogP contribution < -0.4 is 10.4 Å². The van der Waals surface area contributed by atoms with Crippen molar-refractivity contribution in [2.24, 2.45) is 11.8 Å². The number of methoxy groups -OCH3 is 1. The maximum Gasteiger partial charge on any atom is 0.426 e. The maximum atomic E-state index is 14.3. The molecule has 3 N–H and O–H groups in total. The van der Waals surface area contributed by atoms with Gasteiger partial charge in [0.2, 0.25) is 5.91 Å². The second-order valence-corrected chi connectivity index (χ2v) is 17.5. The molecule has 4 heterocycles. The van der Waals surface area contributed by atoms with Gasteiger partial charge in [-0.2, -0.15) is 5.01 Å². The molecule has 11 rings (SSSR count). The Morgan fingerprint density at radius 3 is 1.71 bits per heavy atom. The molecule has 5 aromatic carbocycles. The highest BCUT2D eigenvalue weighted by Crippen LogP contribution is 2.52. The average molecular weight is 825 g/mol. The van der Waals surface area contributed by atoms with Gasteiger partial charge in [-0.05, 0) is 121 Å². The molecule has 1 unspecified atom stereocenters. The van der Waals surface area contributed by atoms with E-state index in [-0.39, 0.29) is 47.9 Å². The third-order valence-corrected chi connectivity index (χ3v) is 14.0. The lowest BCUT2D eigenvalue weighted by molar-refractivity contribution is -0.137. The molecule has 12 heteroatoms. The lowest BCUT2D eigenvalue weighted by atomic mass is 9.94. The van der Waals surface area contributed by atoms with Crippen LogP contribution in [-0.2, 0) is 9.53 Å². The smallest absolute Gasteiger partial charge is 0.426 e. The quantitative estimate of drug-likeness (QED) is 0.137. The predicted octanol–water partition coefficient (Wildman–Crippen LogP) is 10.1. The minimum atomic E-state index is -0.720. The molecule has 2 aliphatic heterocycles. The van der Waals surface area contributed by atoms with Gasteiger partial charge in [-0.25, -0.2) is 25.0 Å². The number of carbonyl (C=O) groups is 3. The Morgan fingerprint density at radius 2 is 1.16 bits per heavy atom. The van der Waals surface area contributed by atoms with Crippen molar-refractivity contribution in [1.82, 2.24) is 35.2 Å². The first-order valence-electron chi connectivity index (χ1n) is 21.8. The largest absolute Gasteiger partial charge is 0.452 e. The van der Waals surface area contributed by atoms with Crippen LogP contribution in [0.2, 0.25) is 0 Å². The van der Waals surface area contributed by atoms with E-state index in [0.29, 0.717) is 11.6 Å². The van der Waals surface area contributed by atoms with E-state index in [9.17, 15) is 14.4 Å². The van der Waals surface area contributed by atoms with Crippen LogP contribution in [0.5, 0.6) is 0 Å². The first-order chi connectivity index (χ1) is 30.3. The number of nitrogens with one attached hydrogen (secondary N) is 3. The molecule has 312 valence electrons. The zero-order chi connectivity index (χ0) is 42.1. The van der Waals surface area contributed by atoms with Crippen LogP contribution in [-0.4, -0.2) is 67.0 Å². The van der Waals surface area contributed by atoms with Crippen LogP contribution in [0.3, 0.4) is 0 Å². The van der Waals surface area contributed by atoms with Crippen LogP contribution in [0.4, 0.5) is 15.3 Å². The van der Waals surface area contributed by atoms with Crippen LogP contribution in [0.25, 0.3) is 44.3 Å². The number of hydrogen-bond acceptors (Lipinski definition) is 6. The summed E-state index contributed by atoms with van der Waals surface area (Å²) in [5.41, 5.74) is 12.1. The van der Waals surface area contributed by atoms with E-state index in [1.165, 1.54) is 12.1 Å². The summed E-state index contributed by atoms with van der Waals surface area (Å²) in [6.45, 7) is 2.02. The number of nitrogens with zero attached hydrogens (tertiary/aromatic N) is 5. The Bertz CT molecular complexity index is 2820. The molecule has 4 aliphatic rings. The molecule has 0 spiro atoms. The van der Waals surface area contributed by atoms with E-state index in [2.05, 4.69) is 74.9 Å². The van der Waals surface area contributed by atoms with Gasteiger partial charge in [0.05, 0.1) is 52.9 Å². The lowest BCUT2D eigenvalue weighted by Gasteiger charge is -2.37. The molecule has 7 atom stereocenters. The van der Waals surface area contributed by atoms with Gasteiger partial charge in [0, 0.05) is 12.1 Å². The summed E-state index contributed by atoms with van der Waals surface area (Å²) in [6, 6.07) is 40.1. The fourth-order valence-corrected chi connectivity index (χ4v) is 11.0. The molecular formula is C50H48N8O4. The molecule has 4 amide bonds. The summed E-state index contributed by atoms with van der Waals surface area (Å²) in [6.07, 6.45) is 5.29. The monoisotopic (exact) mass is 824 g/mol. The summed E-state index contributed by atoms with van der Waals surface area (Å²) in [5.74, 6) is 2.28. The highest BCUT2D eigenvalue weighted by molar-refractivity contribution is 5.95. The van der Waals surface area contributed by atoms with Crippen molar-refractivity contribution in [2.75, 3.05) is 12.1 Å². The molecule has 2 aromatic heterocycles. The van der Waals surface area contributed by atoms with E-state index in [1.54, 1.807) is 12.1 Å². The molecule has 2 aliphatic carbocycles. The number of anilines is 1. The van der Waals surface area contributed by atoms with Gasteiger partial charge in [0.25, 0.3) is 0 Å². The van der Waals surface area contributed by atoms with Crippen molar-refractivity contribution in [1.29, 1.82) is 0 Å². The average Bonchev–Trinajstić information content (AvgIpc) is 4.20. The van der Waals surface area contributed by atoms with Crippen molar-refractivity contribution >= 4 is 45.8 Å². The van der Waals surface area contributed by atoms with Gasteiger partial charge < -0.3 is 24.5 Å². The molecule has 2 saturated carbocycles. The number of hydrazine groups is 1. The van der Waals surface area contributed by atoms with Gasteiger partial charge in [-0.3, -0.25) is 4.79 Å². The molecule has 7 aromatic rings. The number of aromatic amines is 2. The second kappa shape index (κ2) is 15.2. The van der Waals surface area contributed by atoms with Crippen LogP contribution >= 0.6 is 0 Å². The Balaban J connectivity index is 0.828. The second-order valence-electron chi connectivity index (χ2n) is 17.5. The Kier molecular flexibility index (Phi) is 9.32. The van der Waals surface area contributed by atoms with Crippen LogP contribution in [0.15, 0.2) is 121 Å². The summed E-state index contributed by atoms with van der Waals surface area (Å²) >= 11 is 0. The summed E-state index contributed by atoms with van der Waals surface area (Å²) in [5, 5.41) is 1.28. The number of benzene rings is 5. The maximum absolute atomic E-state index is 14.3.